The molecule has 0 spiro atoms. The second-order valence-corrected chi connectivity index (χ2v) is 5.23. The summed E-state index contributed by atoms with van der Waals surface area (Å²) < 4.78 is 0. The fraction of sp³-hybridized carbons (Fsp3) is 0.846. The van der Waals surface area contributed by atoms with E-state index in [0.29, 0.717) is 5.92 Å². The second-order valence-electron chi connectivity index (χ2n) is 5.23. The molecule has 0 radical (unpaired) electrons. The van der Waals surface area contributed by atoms with E-state index in [2.05, 4.69) is 34.3 Å². The van der Waals surface area contributed by atoms with Crippen LogP contribution < -0.4 is 0 Å². The van der Waals surface area contributed by atoms with Crippen molar-refractivity contribution in [1.82, 2.24) is 0 Å². The van der Waals surface area contributed by atoms with E-state index in [0.717, 1.165) is 17.8 Å². The quantitative estimate of drug-likeness (QED) is 0.557. The van der Waals surface area contributed by atoms with E-state index < -0.39 is 0 Å². The Hall–Kier alpha value is -0.260. The number of rotatable bonds is 2. The molecular formula is C13H24. The van der Waals surface area contributed by atoms with Crippen LogP contribution in [0, 0.1) is 23.7 Å². The Morgan fingerprint density at radius 1 is 1.23 bits per heavy atom. The van der Waals surface area contributed by atoms with Crippen LogP contribution in [-0.2, 0) is 0 Å². The molecule has 1 fully saturated rings. The minimum atomic E-state index is 0.665. The van der Waals surface area contributed by atoms with E-state index in [1.165, 1.54) is 24.8 Å². The monoisotopic (exact) mass is 180 g/mol. The zero-order valence-electron chi connectivity index (χ0n) is 9.64. The molecule has 0 bridgehead atoms. The van der Waals surface area contributed by atoms with E-state index in [9.17, 15) is 0 Å². The number of hydrogen-bond donors (Lipinski definition) is 0. The number of hydrogen-bond acceptors (Lipinski definition) is 0. The molecule has 0 saturated heterocycles. The Kier molecular flexibility index (Phi) is 3.58. The van der Waals surface area contributed by atoms with Crippen molar-refractivity contribution in [2.45, 2.75) is 47.0 Å². The summed E-state index contributed by atoms with van der Waals surface area (Å²) in [6.45, 7) is 13.6. The smallest absolute Gasteiger partial charge is 0.0175 e. The van der Waals surface area contributed by atoms with Gasteiger partial charge in [0.15, 0.2) is 0 Å². The molecule has 0 N–H and O–H groups in total. The Balaban J connectivity index is 2.60. The topological polar surface area (TPSA) is 0 Å². The van der Waals surface area contributed by atoms with E-state index >= 15 is 0 Å². The van der Waals surface area contributed by atoms with Gasteiger partial charge in [-0.1, -0.05) is 46.3 Å². The molecule has 0 heteroatoms. The first-order valence-corrected chi connectivity index (χ1v) is 5.71. The van der Waals surface area contributed by atoms with Gasteiger partial charge in [0.25, 0.3) is 0 Å². The molecule has 0 aromatic rings. The molecule has 0 heterocycles. The van der Waals surface area contributed by atoms with Crippen molar-refractivity contribution in [3.63, 3.8) is 0 Å². The first-order chi connectivity index (χ1) is 6.02. The third-order valence-electron chi connectivity index (χ3n) is 3.68. The standard InChI is InChI=1S/C13H24/c1-9(2)12(5)13-8-10(3)6-7-11(13)4/h9-11,13H,5-8H2,1-4H3. The molecular weight excluding hydrogens is 156 g/mol. The normalized spacial score (nSPS) is 35.0. The van der Waals surface area contributed by atoms with Crippen LogP contribution >= 0.6 is 0 Å². The molecule has 1 saturated carbocycles. The molecule has 0 amide bonds. The van der Waals surface area contributed by atoms with Gasteiger partial charge < -0.3 is 0 Å². The predicted octanol–water partition coefficient (Wildman–Crippen LogP) is 4.27. The van der Waals surface area contributed by atoms with Crippen molar-refractivity contribution in [2.24, 2.45) is 23.7 Å². The van der Waals surface area contributed by atoms with Crippen molar-refractivity contribution < 1.29 is 0 Å². The first-order valence-electron chi connectivity index (χ1n) is 5.71. The highest BCUT2D eigenvalue weighted by Crippen LogP contribution is 2.39. The van der Waals surface area contributed by atoms with Crippen LogP contribution in [0.15, 0.2) is 12.2 Å². The number of allylic oxidation sites excluding steroid dienone is 1. The maximum atomic E-state index is 4.26. The summed E-state index contributed by atoms with van der Waals surface area (Å²) in [4.78, 5) is 0. The Morgan fingerprint density at radius 2 is 1.85 bits per heavy atom. The van der Waals surface area contributed by atoms with E-state index in [1.54, 1.807) is 0 Å². The molecule has 13 heavy (non-hydrogen) atoms. The van der Waals surface area contributed by atoms with Crippen LogP contribution in [0.1, 0.15) is 47.0 Å². The highest BCUT2D eigenvalue weighted by molar-refractivity contribution is 5.06. The third kappa shape index (κ3) is 2.59. The molecule has 1 rings (SSSR count). The predicted molar refractivity (Wildman–Crippen MR) is 59.6 cm³/mol. The van der Waals surface area contributed by atoms with Gasteiger partial charge in [0, 0.05) is 0 Å². The second kappa shape index (κ2) is 4.30. The highest BCUT2D eigenvalue weighted by atomic mass is 14.3. The summed E-state index contributed by atoms with van der Waals surface area (Å²) in [7, 11) is 0. The summed E-state index contributed by atoms with van der Waals surface area (Å²) in [6, 6.07) is 0. The Morgan fingerprint density at radius 3 is 2.38 bits per heavy atom. The van der Waals surface area contributed by atoms with E-state index in [-0.39, 0.29) is 0 Å². The Bertz CT molecular complexity index is 178. The van der Waals surface area contributed by atoms with Crippen LogP contribution in [-0.4, -0.2) is 0 Å². The average molecular weight is 180 g/mol. The van der Waals surface area contributed by atoms with Crippen molar-refractivity contribution >= 4 is 0 Å². The maximum Gasteiger partial charge on any atom is -0.0175 e. The fourth-order valence-electron chi connectivity index (χ4n) is 2.48. The molecule has 3 unspecified atom stereocenters. The van der Waals surface area contributed by atoms with Crippen molar-refractivity contribution in [2.75, 3.05) is 0 Å². The first kappa shape index (κ1) is 10.8. The SMILES string of the molecule is C=C(C(C)C)C1CC(C)CCC1C. The average Bonchev–Trinajstić information content (AvgIpc) is 2.08. The lowest BCUT2D eigenvalue weighted by Gasteiger charge is -2.35. The molecule has 0 nitrogen and oxygen atoms in total. The molecule has 0 aromatic carbocycles. The molecule has 0 aliphatic heterocycles. The van der Waals surface area contributed by atoms with Gasteiger partial charge in [-0.05, 0) is 36.5 Å². The third-order valence-corrected chi connectivity index (χ3v) is 3.68. The van der Waals surface area contributed by atoms with Crippen molar-refractivity contribution in [1.29, 1.82) is 0 Å². The highest BCUT2D eigenvalue weighted by Gasteiger charge is 2.28. The van der Waals surface area contributed by atoms with Crippen LogP contribution in [0.4, 0.5) is 0 Å². The molecule has 1 aliphatic carbocycles. The fourth-order valence-corrected chi connectivity index (χ4v) is 2.48. The van der Waals surface area contributed by atoms with E-state index in [4.69, 9.17) is 0 Å². The van der Waals surface area contributed by atoms with Gasteiger partial charge in [0.1, 0.15) is 0 Å². The van der Waals surface area contributed by atoms with Crippen LogP contribution in [0.3, 0.4) is 0 Å². The van der Waals surface area contributed by atoms with Gasteiger partial charge in [-0.2, -0.15) is 0 Å². The molecule has 1 aliphatic rings. The molecule has 76 valence electrons. The minimum absolute atomic E-state index is 0.665. The van der Waals surface area contributed by atoms with Gasteiger partial charge in [-0.3, -0.25) is 0 Å². The molecule has 0 aromatic heterocycles. The lowest BCUT2D eigenvalue weighted by Crippen LogP contribution is -2.24. The lowest BCUT2D eigenvalue weighted by molar-refractivity contribution is 0.224. The van der Waals surface area contributed by atoms with Gasteiger partial charge in [-0.25, -0.2) is 0 Å². The summed E-state index contributed by atoms with van der Waals surface area (Å²) in [5.74, 6) is 3.24. The van der Waals surface area contributed by atoms with Crippen molar-refractivity contribution in [3.05, 3.63) is 12.2 Å². The largest absolute Gasteiger partial charge is 0.0993 e. The minimum Gasteiger partial charge on any atom is -0.0993 e. The van der Waals surface area contributed by atoms with E-state index in [1.807, 2.05) is 0 Å². The van der Waals surface area contributed by atoms with Gasteiger partial charge in [0.05, 0.1) is 0 Å². The summed E-state index contributed by atoms with van der Waals surface area (Å²) >= 11 is 0. The van der Waals surface area contributed by atoms with Gasteiger partial charge >= 0.3 is 0 Å². The zero-order valence-corrected chi connectivity index (χ0v) is 9.64. The Labute approximate surface area is 83.4 Å². The summed E-state index contributed by atoms with van der Waals surface area (Å²) in [6.07, 6.45) is 4.19. The van der Waals surface area contributed by atoms with Crippen LogP contribution in [0.25, 0.3) is 0 Å². The summed E-state index contributed by atoms with van der Waals surface area (Å²) in [5.41, 5.74) is 1.49. The van der Waals surface area contributed by atoms with Gasteiger partial charge in [-0.15, -0.1) is 0 Å². The molecule has 3 atom stereocenters. The lowest BCUT2D eigenvalue weighted by atomic mass is 9.70. The van der Waals surface area contributed by atoms with Crippen LogP contribution in [0.2, 0.25) is 0 Å². The van der Waals surface area contributed by atoms with Crippen LogP contribution in [0.5, 0.6) is 0 Å². The van der Waals surface area contributed by atoms with Gasteiger partial charge in [0.2, 0.25) is 0 Å². The zero-order chi connectivity index (χ0) is 10.0. The summed E-state index contributed by atoms with van der Waals surface area (Å²) in [5, 5.41) is 0. The maximum absolute atomic E-state index is 4.26. The van der Waals surface area contributed by atoms with Crippen molar-refractivity contribution in [3.8, 4) is 0 Å².